The molecule has 2 aromatic rings. The lowest BCUT2D eigenvalue weighted by molar-refractivity contribution is -0.127. The zero-order chi connectivity index (χ0) is 22.4. The van der Waals surface area contributed by atoms with Crippen LogP contribution in [0.1, 0.15) is 19.4 Å². The Morgan fingerprint density at radius 3 is 2.52 bits per heavy atom. The predicted octanol–water partition coefficient (Wildman–Crippen LogP) is 4.81. The van der Waals surface area contributed by atoms with Gasteiger partial charge in [-0.05, 0) is 61.5 Å². The molecule has 1 saturated heterocycles. The molecule has 1 aliphatic rings. The van der Waals surface area contributed by atoms with Crippen LogP contribution in [-0.2, 0) is 9.59 Å². The minimum absolute atomic E-state index is 0.224. The number of hydrogen-bond donors (Lipinski definition) is 1. The van der Waals surface area contributed by atoms with Crippen LogP contribution < -0.4 is 14.8 Å². The van der Waals surface area contributed by atoms with Gasteiger partial charge in [0, 0.05) is 0 Å². The van der Waals surface area contributed by atoms with Crippen molar-refractivity contribution in [3.05, 3.63) is 58.0 Å². The fourth-order valence-corrected chi connectivity index (χ4v) is 3.86. The minimum atomic E-state index is -0.531. The number of thioether (sulfide) groups is 1. The Bertz CT molecular complexity index is 1040. The van der Waals surface area contributed by atoms with Gasteiger partial charge in [-0.1, -0.05) is 29.8 Å². The molecule has 7 nitrogen and oxygen atoms in total. The number of benzene rings is 2. The molecule has 0 bridgehead atoms. The van der Waals surface area contributed by atoms with Crippen molar-refractivity contribution in [2.24, 2.45) is 0 Å². The number of imide groups is 1. The molecule has 0 unspecified atom stereocenters. The van der Waals surface area contributed by atoms with Crippen molar-refractivity contribution in [3.8, 4) is 11.5 Å². The number of rotatable bonds is 8. The van der Waals surface area contributed by atoms with Gasteiger partial charge >= 0.3 is 0 Å². The zero-order valence-corrected chi connectivity index (χ0v) is 18.6. The Kier molecular flexibility index (Phi) is 7.59. The van der Waals surface area contributed by atoms with Crippen LogP contribution >= 0.6 is 23.4 Å². The second-order valence-electron chi connectivity index (χ2n) is 6.37. The van der Waals surface area contributed by atoms with E-state index in [9.17, 15) is 14.4 Å². The normalized spacial score (nSPS) is 14.8. The summed E-state index contributed by atoms with van der Waals surface area (Å²) in [6, 6.07) is 12.0. The molecule has 0 saturated carbocycles. The van der Waals surface area contributed by atoms with E-state index in [1.165, 1.54) is 0 Å². The summed E-state index contributed by atoms with van der Waals surface area (Å²) in [6.45, 7) is 4.29. The van der Waals surface area contributed by atoms with Crippen LogP contribution in [0.3, 0.4) is 0 Å². The summed E-state index contributed by atoms with van der Waals surface area (Å²) >= 11 is 6.81. The van der Waals surface area contributed by atoms with Gasteiger partial charge in [0.1, 0.15) is 6.54 Å². The van der Waals surface area contributed by atoms with Gasteiger partial charge in [-0.25, -0.2) is 0 Å². The Balaban J connectivity index is 1.73. The van der Waals surface area contributed by atoms with Crippen molar-refractivity contribution in [2.45, 2.75) is 13.8 Å². The summed E-state index contributed by atoms with van der Waals surface area (Å²) in [5.41, 5.74) is 1.09. The monoisotopic (exact) mass is 460 g/mol. The highest BCUT2D eigenvalue weighted by Crippen LogP contribution is 2.34. The highest BCUT2D eigenvalue weighted by atomic mass is 35.5. The maximum absolute atomic E-state index is 12.7. The maximum atomic E-state index is 12.7. The molecule has 0 aliphatic carbocycles. The van der Waals surface area contributed by atoms with Crippen LogP contribution in [0.5, 0.6) is 11.5 Å². The Morgan fingerprint density at radius 1 is 1.10 bits per heavy atom. The van der Waals surface area contributed by atoms with Crippen LogP contribution in [-0.4, -0.2) is 41.7 Å². The van der Waals surface area contributed by atoms with Crippen LogP contribution in [0.25, 0.3) is 6.08 Å². The van der Waals surface area contributed by atoms with E-state index in [1.807, 2.05) is 13.8 Å². The molecular formula is C22H21ClN2O5S. The molecule has 9 heteroatoms. The van der Waals surface area contributed by atoms with Gasteiger partial charge in [-0.3, -0.25) is 19.3 Å². The lowest BCUT2D eigenvalue weighted by atomic mass is 10.2. The average Bonchev–Trinajstić information content (AvgIpc) is 2.99. The third-order valence-corrected chi connectivity index (χ3v) is 5.43. The number of para-hydroxylation sites is 1. The molecule has 3 rings (SSSR count). The van der Waals surface area contributed by atoms with Crippen molar-refractivity contribution in [1.82, 2.24) is 4.90 Å². The second kappa shape index (κ2) is 10.4. The van der Waals surface area contributed by atoms with Gasteiger partial charge in [-0.15, -0.1) is 0 Å². The van der Waals surface area contributed by atoms with Crippen LogP contribution in [0.4, 0.5) is 10.5 Å². The maximum Gasteiger partial charge on any atom is 0.294 e. The van der Waals surface area contributed by atoms with Crippen LogP contribution in [0, 0.1) is 0 Å². The molecule has 1 N–H and O–H groups in total. The fraction of sp³-hybridized carbons (Fsp3) is 0.227. The molecule has 3 amide bonds. The molecule has 0 radical (unpaired) electrons. The molecular weight excluding hydrogens is 440 g/mol. The number of amides is 3. The van der Waals surface area contributed by atoms with E-state index in [0.29, 0.717) is 41.0 Å². The highest BCUT2D eigenvalue weighted by Gasteiger charge is 2.36. The number of hydrogen-bond acceptors (Lipinski definition) is 6. The number of ether oxygens (including phenoxy) is 2. The summed E-state index contributed by atoms with van der Waals surface area (Å²) in [5, 5.41) is 2.46. The van der Waals surface area contributed by atoms with E-state index in [-0.39, 0.29) is 4.91 Å². The highest BCUT2D eigenvalue weighted by molar-refractivity contribution is 8.18. The first-order valence-corrected chi connectivity index (χ1v) is 10.8. The quantitative estimate of drug-likeness (QED) is 0.569. The van der Waals surface area contributed by atoms with Gasteiger partial charge in [0.05, 0.1) is 28.8 Å². The van der Waals surface area contributed by atoms with E-state index in [4.69, 9.17) is 21.1 Å². The predicted molar refractivity (Wildman–Crippen MR) is 122 cm³/mol. The second-order valence-corrected chi connectivity index (χ2v) is 7.77. The first-order chi connectivity index (χ1) is 14.9. The summed E-state index contributed by atoms with van der Waals surface area (Å²) in [4.78, 5) is 38.5. The fourth-order valence-electron chi connectivity index (χ4n) is 2.84. The Labute approximate surface area is 189 Å². The minimum Gasteiger partial charge on any atom is -0.490 e. The topological polar surface area (TPSA) is 84.9 Å². The first kappa shape index (κ1) is 22.7. The summed E-state index contributed by atoms with van der Waals surface area (Å²) < 4.78 is 11.1. The lowest BCUT2D eigenvalue weighted by Gasteiger charge is -2.13. The number of carbonyl (C=O) groups is 3. The standard InChI is InChI=1S/C22H21ClN2O5S/c1-3-29-17-10-9-14(11-18(17)30-4-2)12-19-21(27)25(22(28)31-19)13-20(26)24-16-8-6-5-7-15(16)23/h5-12H,3-4,13H2,1-2H3,(H,24,26)/b19-12+. The summed E-state index contributed by atoms with van der Waals surface area (Å²) in [5.74, 6) is 0.106. The molecule has 31 heavy (non-hydrogen) atoms. The first-order valence-electron chi connectivity index (χ1n) is 9.62. The number of carbonyl (C=O) groups excluding carboxylic acids is 3. The number of anilines is 1. The van der Waals surface area contributed by atoms with E-state index in [0.717, 1.165) is 16.7 Å². The van der Waals surface area contributed by atoms with Gasteiger partial charge in [0.25, 0.3) is 11.1 Å². The molecule has 0 spiro atoms. The zero-order valence-electron chi connectivity index (χ0n) is 17.0. The lowest BCUT2D eigenvalue weighted by Crippen LogP contribution is -2.36. The van der Waals surface area contributed by atoms with E-state index in [1.54, 1.807) is 48.5 Å². The molecule has 1 aliphatic heterocycles. The van der Waals surface area contributed by atoms with Crippen molar-refractivity contribution >= 4 is 52.2 Å². The van der Waals surface area contributed by atoms with Crippen LogP contribution in [0.2, 0.25) is 5.02 Å². The van der Waals surface area contributed by atoms with Crippen molar-refractivity contribution in [1.29, 1.82) is 0 Å². The van der Waals surface area contributed by atoms with E-state index >= 15 is 0 Å². The summed E-state index contributed by atoms with van der Waals surface area (Å²) in [6.07, 6.45) is 1.59. The SMILES string of the molecule is CCOc1ccc(/C=C2/SC(=O)N(CC(=O)Nc3ccccc3Cl)C2=O)cc1OCC. The van der Waals surface area contributed by atoms with Crippen LogP contribution in [0.15, 0.2) is 47.4 Å². The summed E-state index contributed by atoms with van der Waals surface area (Å²) in [7, 11) is 0. The van der Waals surface area contributed by atoms with Gasteiger partial charge in [0.15, 0.2) is 11.5 Å². The average molecular weight is 461 g/mol. The molecule has 0 atom stereocenters. The molecule has 1 heterocycles. The van der Waals surface area contributed by atoms with Crippen molar-refractivity contribution in [3.63, 3.8) is 0 Å². The smallest absolute Gasteiger partial charge is 0.294 e. The third-order valence-electron chi connectivity index (χ3n) is 4.19. The number of nitrogens with one attached hydrogen (secondary N) is 1. The number of nitrogens with zero attached hydrogens (tertiary/aromatic N) is 1. The molecule has 162 valence electrons. The molecule has 1 fully saturated rings. The van der Waals surface area contributed by atoms with Crippen molar-refractivity contribution in [2.75, 3.05) is 25.1 Å². The largest absolute Gasteiger partial charge is 0.490 e. The van der Waals surface area contributed by atoms with Crippen molar-refractivity contribution < 1.29 is 23.9 Å². The van der Waals surface area contributed by atoms with Gasteiger partial charge in [0.2, 0.25) is 5.91 Å². The van der Waals surface area contributed by atoms with E-state index in [2.05, 4.69) is 5.32 Å². The van der Waals surface area contributed by atoms with E-state index < -0.39 is 23.6 Å². The van der Waals surface area contributed by atoms with Gasteiger partial charge in [-0.2, -0.15) is 0 Å². The molecule has 2 aromatic carbocycles. The molecule has 0 aromatic heterocycles. The number of halogens is 1. The Hall–Kier alpha value is -2.97. The third kappa shape index (κ3) is 5.59. The Morgan fingerprint density at radius 2 is 1.81 bits per heavy atom. The van der Waals surface area contributed by atoms with Gasteiger partial charge < -0.3 is 14.8 Å².